The molecule has 7 nitrogen and oxygen atoms in total. The second-order valence-electron chi connectivity index (χ2n) is 5.62. The number of hydrogen-bond donors (Lipinski definition) is 2. The van der Waals surface area contributed by atoms with Gasteiger partial charge in [-0.25, -0.2) is 0 Å². The van der Waals surface area contributed by atoms with Gasteiger partial charge >= 0.3 is 5.97 Å². The van der Waals surface area contributed by atoms with E-state index in [0.29, 0.717) is 31.5 Å². The van der Waals surface area contributed by atoms with E-state index in [1.807, 2.05) is 0 Å². The molecule has 1 atom stereocenters. The van der Waals surface area contributed by atoms with Gasteiger partial charge in [0.05, 0.1) is 11.6 Å². The van der Waals surface area contributed by atoms with Crippen LogP contribution >= 0.6 is 0 Å². The molecule has 1 saturated heterocycles. The molecule has 1 fully saturated rings. The van der Waals surface area contributed by atoms with Gasteiger partial charge in [-0.2, -0.15) is 5.10 Å². The average molecular weight is 280 g/mol. The highest BCUT2D eigenvalue weighted by Crippen LogP contribution is 2.31. The molecule has 0 aromatic carbocycles. The van der Waals surface area contributed by atoms with Crippen molar-refractivity contribution in [2.75, 3.05) is 13.1 Å². The number of aryl methyl sites for hydroxylation is 1. The van der Waals surface area contributed by atoms with Gasteiger partial charge in [-0.3, -0.25) is 14.3 Å². The van der Waals surface area contributed by atoms with Crippen molar-refractivity contribution < 1.29 is 14.7 Å². The minimum Gasteiger partial charge on any atom is -0.481 e. The fourth-order valence-electron chi connectivity index (χ4n) is 2.37. The van der Waals surface area contributed by atoms with Gasteiger partial charge in [0.2, 0.25) is 5.91 Å². The zero-order valence-corrected chi connectivity index (χ0v) is 11.7. The Hall–Kier alpha value is -1.89. The van der Waals surface area contributed by atoms with Crippen LogP contribution in [-0.2, 0) is 16.6 Å². The molecule has 0 saturated carbocycles. The Labute approximate surface area is 117 Å². The quantitative estimate of drug-likeness (QED) is 0.819. The Bertz CT molecular complexity index is 517. The van der Waals surface area contributed by atoms with Gasteiger partial charge in [0.15, 0.2) is 0 Å². The molecule has 0 radical (unpaired) electrons. The molecule has 2 rings (SSSR count). The third-order valence-electron chi connectivity index (χ3n) is 4.05. The summed E-state index contributed by atoms with van der Waals surface area (Å²) in [4.78, 5) is 25.1. The average Bonchev–Trinajstić information content (AvgIpc) is 2.84. The van der Waals surface area contributed by atoms with E-state index in [1.165, 1.54) is 0 Å². The van der Waals surface area contributed by atoms with Crippen LogP contribution in [0.1, 0.15) is 31.4 Å². The van der Waals surface area contributed by atoms with Crippen molar-refractivity contribution in [2.45, 2.75) is 25.8 Å². The summed E-state index contributed by atoms with van der Waals surface area (Å²) >= 11 is 0. The molecular formula is C13H20N4O3. The number of carboxylic acids is 1. The van der Waals surface area contributed by atoms with Crippen molar-refractivity contribution in [1.82, 2.24) is 14.7 Å². The van der Waals surface area contributed by atoms with E-state index in [-0.39, 0.29) is 5.91 Å². The molecule has 3 N–H and O–H groups in total. The van der Waals surface area contributed by atoms with Crippen molar-refractivity contribution in [3.8, 4) is 0 Å². The molecule has 1 amide bonds. The number of carboxylic acid groups (broad SMARTS) is 1. The van der Waals surface area contributed by atoms with Crippen LogP contribution in [0.2, 0.25) is 0 Å². The maximum atomic E-state index is 12.3. The normalized spacial score (nSPS) is 19.6. The van der Waals surface area contributed by atoms with Crippen LogP contribution in [0.15, 0.2) is 12.4 Å². The van der Waals surface area contributed by atoms with Crippen LogP contribution < -0.4 is 5.73 Å². The lowest BCUT2D eigenvalue weighted by Crippen LogP contribution is -2.47. The number of nitrogens with zero attached hydrogens (tertiary/aromatic N) is 3. The molecule has 0 spiro atoms. The molecule has 1 unspecified atom stereocenters. The lowest BCUT2D eigenvalue weighted by molar-refractivity contribution is -0.153. The minimum atomic E-state index is -0.804. The molecule has 1 aliphatic heterocycles. The summed E-state index contributed by atoms with van der Waals surface area (Å²) in [5, 5.41) is 13.2. The Kier molecular flexibility index (Phi) is 3.80. The third kappa shape index (κ3) is 2.67. The Morgan fingerprint density at radius 1 is 1.45 bits per heavy atom. The number of amides is 1. The van der Waals surface area contributed by atoms with E-state index in [2.05, 4.69) is 5.10 Å². The fraction of sp³-hybridized carbons (Fsp3) is 0.615. The molecule has 2 heterocycles. The first-order chi connectivity index (χ1) is 9.33. The molecule has 1 aromatic rings. The monoisotopic (exact) mass is 280 g/mol. The standard InChI is InChI=1S/C13H20N4O3/c1-13(12(19)20)3-5-17(6-4-13)11(18)10(14)9-7-15-16(2)8-9/h7-8,10H,3-6,14H2,1-2H3,(H,19,20). The van der Waals surface area contributed by atoms with Crippen molar-refractivity contribution in [3.05, 3.63) is 18.0 Å². The van der Waals surface area contributed by atoms with Gasteiger partial charge in [-0.15, -0.1) is 0 Å². The van der Waals surface area contributed by atoms with Crippen LogP contribution in [0.5, 0.6) is 0 Å². The van der Waals surface area contributed by atoms with Crippen LogP contribution in [0, 0.1) is 5.41 Å². The van der Waals surface area contributed by atoms with E-state index in [9.17, 15) is 14.7 Å². The summed E-state index contributed by atoms with van der Waals surface area (Å²) in [6.07, 6.45) is 4.20. The van der Waals surface area contributed by atoms with E-state index >= 15 is 0 Å². The molecule has 0 bridgehead atoms. The maximum absolute atomic E-state index is 12.3. The molecule has 7 heteroatoms. The lowest BCUT2D eigenvalue weighted by atomic mass is 9.80. The summed E-state index contributed by atoms with van der Waals surface area (Å²) < 4.78 is 1.60. The highest BCUT2D eigenvalue weighted by Gasteiger charge is 2.39. The van der Waals surface area contributed by atoms with Crippen molar-refractivity contribution >= 4 is 11.9 Å². The van der Waals surface area contributed by atoms with Crippen LogP contribution in [0.3, 0.4) is 0 Å². The van der Waals surface area contributed by atoms with Crippen molar-refractivity contribution in [2.24, 2.45) is 18.2 Å². The predicted molar refractivity (Wildman–Crippen MR) is 71.7 cm³/mol. The summed E-state index contributed by atoms with van der Waals surface area (Å²) in [5.74, 6) is -0.980. The Morgan fingerprint density at radius 3 is 2.50 bits per heavy atom. The zero-order valence-electron chi connectivity index (χ0n) is 11.7. The molecule has 0 aliphatic carbocycles. The van der Waals surface area contributed by atoms with Crippen molar-refractivity contribution in [1.29, 1.82) is 0 Å². The zero-order chi connectivity index (χ0) is 14.9. The van der Waals surface area contributed by atoms with E-state index in [1.54, 1.807) is 35.9 Å². The first-order valence-electron chi connectivity index (χ1n) is 6.60. The van der Waals surface area contributed by atoms with E-state index in [4.69, 9.17) is 5.73 Å². The second-order valence-corrected chi connectivity index (χ2v) is 5.62. The van der Waals surface area contributed by atoms with Gasteiger partial charge in [0.25, 0.3) is 0 Å². The summed E-state index contributed by atoms with van der Waals surface area (Å²) in [7, 11) is 1.76. The van der Waals surface area contributed by atoms with Gasteiger partial charge in [0, 0.05) is 31.9 Å². The Balaban J connectivity index is 2.00. The molecular weight excluding hydrogens is 260 g/mol. The number of aliphatic carboxylic acids is 1. The molecule has 110 valence electrons. The van der Waals surface area contributed by atoms with Gasteiger partial charge in [-0.1, -0.05) is 0 Å². The number of carbonyl (C=O) groups excluding carboxylic acids is 1. The largest absolute Gasteiger partial charge is 0.481 e. The van der Waals surface area contributed by atoms with Gasteiger partial charge in [0.1, 0.15) is 6.04 Å². The van der Waals surface area contributed by atoms with Gasteiger partial charge in [-0.05, 0) is 19.8 Å². The molecule has 20 heavy (non-hydrogen) atoms. The third-order valence-corrected chi connectivity index (χ3v) is 4.05. The van der Waals surface area contributed by atoms with E-state index < -0.39 is 17.4 Å². The van der Waals surface area contributed by atoms with Crippen molar-refractivity contribution in [3.63, 3.8) is 0 Å². The maximum Gasteiger partial charge on any atom is 0.309 e. The van der Waals surface area contributed by atoms with Crippen LogP contribution in [0.25, 0.3) is 0 Å². The number of carbonyl (C=O) groups is 2. The first-order valence-corrected chi connectivity index (χ1v) is 6.60. The Morgan fingerprint density at radius 2 is 2.05 bits per heavy atom. The highest BCUT2D eigenvalue weighted by molar-refractivity contribution is 5.83. The number of hydrogen-bond acceptors (Lipinski definition) is 4. The fourth-order valence-corrected chi connectivity index (χ4v) is 2.37. The summed E-state index contributed by atoms with van der Waals surface area (Å²) in [6, 6.07) is -0.738. The number of aromatic nitrogens is 2. The van der Waals surface area contributed by atoms with Crippen LogP contribution in [-0.4, -0.2) is 44.8 Å². The first kappa shape index (κ1) is 14.5. The lowest BCUT2D eigenvalue weighted by Gasteiger charge is -2.37. The molecule has 1 aromatic heterocycles. The summed E-state index contributed by atoms with van der Waals surface area (Å²) in [5.41, 5.74) is 5.88. The predicted octanol–water partition coefficient (Wildman–Crippen LogP) is 0.133. The van der Waals surface area contributed by atoms with Crippen LogP contribution in [0.4, 0.5) is 0 Å². The van der Waals surface area contributed by atoms with E-state index in [0.717, 1.165) is 0 Å². The SMILES string of the molecule is Cn1cc(C(N)C(=O)N2CCC(C)(C(=O)O)CC2)cn1. The smallest absolute Gasteiger partial charge is 0.309 e. The summed E-state index contributed by atoms with van der Waals surface area (Å²) in [6.45, 7) is 2.57. The van der Waals surface area contributed by atoms with Gasteiger partial charge < -0.3 is 15.7 Å². The molecule has 1 aliphatic rings. The second kappa shape index (κ2) is 5.24. The number of likely N-dealkylation sites (tertiary alicyclic amines) is 1. The number of piperidine rings is 1. The topological polar surface area (TPSA) is 101 Å². The minimum absolute atomic E-state index is 0.176. The number of nitrogens with two attached hydrogens (primary N) is 1. The highest BCUT2D eigenvalue weighted by atomic mass is 16.4. The number of rotatable bonds is 3.